The van der Waals surface area contributed by atoms with Gasteiger partial charge in [0.15, 0.2) is 0 Å². The fraction of sp³-hybridized carbons (Fsp3) is 0. The van der Waals surface area contributed by atoms with Gasteiger partial charge < -0.3 is 5.73 Å². The average molecular weight is 85.1 g/mol. The molecule has 0 heterocycles. The molecular weight excluding hydrogens is 80.0 g/mol. The predicted molar refractivity (Wildman–Crippen MR) is 21.4 cm³/mol. The van der Waals surface area contributed by atoms with Gasteiger partial charge in [0.25, 0.3) is 5.91 Å². The number of hydrogen-bond donors (Lipinski definition) is 1. The monoisotopic (exact) mass is 85.0 g/mol. The van der Waals surface area contributed by atoms with Crippen molar-refractivity contribution in [2.75, 3.05) is 0 Å². The first kappa shape index (κ1) is 5.01. The molecule has 0 aromatic carbocycles. The van der Waals surface area contributed by atoms with Gasteiger partial charge in [-0.15, -0.1) is 0 Å². The fourth-order valence-electron chi connectivity index (χ4n) is 0.0874. The standard InChI is InChI=1S/C3H5N2O/c4-2-1-3(5)6/h1-2,5H,4H2. The number of rotatable bonds is 1. The van der Waals surface area contributed by atoms with Crippen LogP contribution in [0, 0.1) is 0 Å². The first-order valence-electron chi connectivity index (χ1n) is 1.41. The second-order valence-electron chi connectivity index (χ2n) is 0.723. The van der Waals surface area contributed by atoms with Crippen LogP contribution in [0.4, 0.5) is 0 Å². The molecule has 0 fully saturated rings. The lowest BCUT2D eigenvalue weighted by atomic mass is 10.6. The lowest BCUT2D eigenvalue weighted by molar-refractivity contribution is -0.114. The molecule has 0 aromatic heterocycles. The summed E-state index contributed by atoms with van der Waals surface area (Å²) in [5, 5.41) is 0. The van der Waals surface area contributed by atoms with Crippen molar-refractivity contribution in [3.63, 3.8) is 0 Å². The maximum atomic E-state index is 9.54. The molecule has 0 rings (SSSR count). The van der Waals surface area contributed by atoms with E-state index in [0.717, 1.165) is 12.3 Å². The van der Waals surface area contributed by atoms with Crippen molar-refractivity contribution < 1.29 is 4.79 Å². The molecule has 3 N–H and O–H groups in total. The molecule has 1 radical (unpaired) electrons. The van der Waals surface area contributed by atoms with Gasteiger partial charge in [0, 0.05) is 6.08 Å². The van der Waals surface area contributed by atoms with Crippen LogP contribution in [0.3, 0.4) is 0 Å². The van der Waals surface area contributed by atoms with E-state index in [1.54, 1.807) is 0 Å². The van der Waals surface area contributed by atoms with Gasteiger partial charge >= 0.3 is 0 Å². The highest BCUT2D eigenvalue weighted by Gasteiger charge is 1.75. The molecule has 0 saturated heterocycles. The van der Waals surface area contributed by atoms with E-state index in [2.05, 4.69) is 0 Å². The zero-order chi connectivity index (χ0) is 4.99. The lowest BCUT2D eigenvalue weighted by Gasteiger charge is -1.68. The molecule has 0 aromatic rings. The Morgan fingerprint density at radius 2 is 2.33 bits per heavy atom. The summed E-state index contributed by atoms with van der Waals surface area (Å²) < 4.78 is 0. The number of nitrogens with one attached hydrogen (secondary N) is 1. The first-order chi connectivity index (χ1) is 2.77. The highest BCUT2D eigenvalue weighted by atomic mass is 16.1. The highest BCUT2D eigenvalue weighted by Crippen LogP contribution is 1.57. The molecule has 1 amide bonds. The zero-order valence-corrected chi connectivity index (χ0v) is 3.14. The van der Waals surface area contributed by atoms with Crippen molar-refractivity contribution in [2.24, 2.45) is 5.73 Å². The molecule has 6 heavy (non-hydrogen) atoms. The maximum Gasteiger partial charge on any atom is 0.263 e. The minimum Gasteiger partial charge on any atom is -0.404 e. The van der Waals surface area contributed by atoms with E-state index in [9.17, 15) is 4.79 Å². The lowest BCUT2D eigenvalue weighted by Crippen LogP contribution is -1.91. The Kier molecular flexibility index (Phi) is 1.89. The summed E-state index contributed by atoms with van der Waals surface area (Å²) in [6.45, 7) is 0. The molecule has 0 aliphatic heterocycles. The van der Waals surface area contributed by atoms with Gasteiger partial charge in [-0.05, 0) is 6.20 Å². The molecule has 0 spiro atoms. The molecule has 0 unspecified atom stereocenters. The van der Waals surface area contributed by atoms with Crippen LogP contribution >= 0.6 is 0 Å². The van der Waals surface area contributed by atoms with E-state index in [-0.39, 0.29) is 0 Å². The summed E-state index contributed by atoms with van der Waals surface area (Å²) in [6.07, 6.45) is 2.01. The Morgan fingerprint density at radius 3 is 2.33 bits per heavy atom. The van der Waals surface area contributed by atoms with Gasteiger partial charge in [0.05, 0.1) is 0 Å². The molecule has 33 valence electrons. The quantitative estimate of drug-likeness (QED) is 0.426. The fourth-order valence-corrected chi connectivity index (χ4v) is 0.0874. The van der Waals surface area contributed by atoms with Crippen LogP contribution in [-0.2, 0) is 4.79 Å². The first-order valence-corrected chi connectivity index (χ1v) is 1.41. The summed E-state index contributed by atoms with van der Waals surface area (Å²) in [6, 6.07) is 0. The van der Waals surface area contributed by atoms with Gasteiger partial charge in [-0.3, -0.25) is 10.5 Å². The second-order valence-corrected chi connectivity index (χ2v) is 0.723. The Balaban J connectivity index is 3.30. The van der Waals surface area contributed by atoms with Crippen LogP contribution in [0.5, 0.6) is 0 Å². The number of nitrogens with two attached hydrogens (primary N) is 1. The third-order valence-electron chi connectivity index (χ3n) is 0.248. The van der Waals surface area contributed by atoms with E-state index in [1.165, 1.54) is 0 Å². The van der Waals surface area contributed by atoms with Gasteiger partial charge in [-0.1, -0.05) is 0 Å². The van der Waals surface area contributed by atoms with E-state index in [1.807, 2.05) is 0 Å². The van der Waals surface area contributed by atoms with Crippen molar-refractivity contribution in [1.29, 1.82) is 0 Å². The second kappa shape index (κ2) is 2.26. The van der Waals surface area contributed by atoms with Crippen molar-refractivity contribution in [3.05, 3.63) is 12.3 Å². The Hall–Kier alpha value is -0.990. The predicted octanol–water partition coefficient (Wildman–Crippen LogP) is -0.732. The van der Waals surface area contributed by atoms with Crippen LogP contribution in [0.25, 0.3) is 0 Å². The summed E-state index contributed by atoms with van der Waals surface area (Å²) in [5.41, 5.74) is 10.9. The normalized spacial score (nSPS) is 9.33. The minimum absolute atomic E-state index is 0.766. The molecule has 0 atom stereocenters. The zero-order valence-electron chi connectivity index (χ0n) is 3.14. The third-order valence-corrected chi connectivity index (χ3v) is 0.248. The van der Waals surface area contributed by atoms with Crippen molar-refractivity contribution in [1.82, 2.24) is 5.73 Å². The van der Waals surface area contributed by atoms with E-state index in [4.69, 9.17) is 11.5 Å². The van der Waals surface area contributed by atoms with E-state index in [0.29, 0.717) is 0 Å². The van der Waals surface area contributed by atoms with Crippen molar-refractivity contribution >= 4 is 5.91 Å². The third kappa shape index (κ3) is 3.01. The minimum atomic E-state index is -0.766. The van der Waals surface area contributed by atoms with Gasteiger partial charge in [0.2, 0.25) is 0 Å². The topological polar surface area (TPSA) is 66.9 Å². The van der Waals surface area contributed by atoms with Gasteiger partial charge in [-0.25, -0.2) is 0 Å². The molecule has 3 nitrogen and oxygen atoms in total. The van der Waals surface area contributed by atoms with Crippen LogP contribution in [0.2, 0.25) is 0 Å². The molecule has 0 aliphatic carbocycles. The Labute approximate surface area is 35.6 Å². The van der Waals surface area contributed by atoms with Crippen LogP contribution in [0.15, 0.2) is 12.3 Å². The van der Waals surface area contributed by atoms with E-state index < -0.39 is 5.91 Å². The molecule has 0 bridgehead atoms. The summed E-state index contributed by atoms with van der Waals surface area (Å²) in [7, 11) is 0. The summed E-state index contributed by atoms with van der Waals surface area (Å²) in [5.74, 6) is -0.766. The number of carbonyl (C=O) groups is 1. The van der Waals surface area contributed by atoms with Gasteiger partial charge in [-0.2, -0.15) is 0 Å². The number of amides is 1. The highest BCUT2D eigenvalue weighted by molar-refractivity contribution is 5.84. The van der Waals surface area contributed by atoms with Crippen LogP contribution < -0.4 is 11.5 Å². The molecule has 0 saturated carbocycles. The average Bonchev–Trinajstić information content (AvgIpc) is 1.35. The SMILES string of the molecule is [NH]C(=O)C=CN. The maximum absolute atomic E-state index is 9.54. The molecule has 0 aliphatic rings. The molecular formula is C3H5N2O. The van der Waals surface area contributed by atoms with Crippen LogP contribution in [-0.4, -0.2) is 5.91 Å². The largest absolute Gasteiger partial charge is 0.404 e. The number of carbonyl (C=O) groups excluding carboxylic acids is 1. The Morgan fingerprint density at radius 1 is 1.83 bits per heavy atom. The molecule has 3 heteroatoms. The smallest absolute Gasteiger partial charge is 0.263 e. The Bertz CT molecular complexity index is 76.9. The van der Waals surface area contributed by atoms with Crippen LogP contribution in [0.1, 0.15) is 0 Å². The summed E-state index contributed by atoms with van der Waals surface area (Å²) >= 11 is 0. The van der Waals surface area contributed by atoms with Crippen molar-refractivity contribution in [3.8, 4) is 0 Å². The van der Waals surface area contributed by atoms with Gasteiger partial charge in [0.1, 0.15) is 0 Å². The number of hydrogen-bond acceptors (Lipinski definition) is 2. The summed E-state index contributed by atoms with van der Waals surface area (Å²) in [4.78, 5) is 9.54. The van der Waals surface area contributed by atoms with Crippen molar-refractivity contribution in [2.45, 2.75) is 0 Å². The van der Waals surface area contributed by atoms with E-state index >= 15 is 0 Å².